The Morgan fingerprint density at radius 3 is 2.74 bits per heavy atom. The van der Waals surface area contributed by atoms with Crippen molar-refractivity contribution in [1.29, 1.82) is 0 Å². The van der Waals surface area contributed by atoms with Crippen LogP contribution in [0.15, 0.2) is 24.4 Å². The van der Waals surface area contributed by atoms with Crippen molar-refractivity contribution >= 4 is 6.09 Å². The van der Waals surface area contributed by atoms with Gasteiger partial charge < -0.3 is 14.4 Å². The number of para-hydroxylation sites is 1. The number of aryl methyl sites for hydroxylation is 1. The molecule has 0 radical (unpaired) electrons. The van der Waals surface area contributed by atoms with Gasteiger partial charge in [0.2, 0.25) is 0 Å². The van der Waals surface area contributed by atoms with Gasteiger partial charge in [0.25, 0.3) is 0 Å². The molecule has 1 aliphatic heterocycles. The molecule has 1 amide bonds. The van der Waals surface area contributed by atoms with E-state index in [1.54, 1.807) is 11.9 Å². The van der Waals surface area contributed by atoms with Crippen LogP contribution in [0.5, 0.6) is 5.75 Å². The topological polar surface area (TPSA) is 56.6 Å². The first kappa shape index (κ1) is 19.3. The number of hydrogen-bond donors (Lipinski definition) is 0. The zero-order valence-electron chi connectivity index (χ0n) is 17.1. The summed E-state index contributed by atoms with van der Waals surface area (Å²) in [6, 6.07) is 6.22. The number of carbonyl (C=O) groups is 1. The van der Waals surface area contributed by atoms with E-state index in [9.17, 15) is 4.79 Å². The van der Waals surface area contributed by atoms with Crippen LogP contribution in [0.25, 0.3) is 11.1 Å². The van der Waals surface area contributed by atoms with Crippen molar-refractivity contribution in [2.24, 2.45) is 7.05 Å². The molecule has 1 aromatic carbocycles. The maximum absolute atomic E-state index is 12.3. The number of hydrogen-bond acceptors (Lipinski definition) is 4. The van der Waals surface area contributed by atoms with Gasteiger partial charge in [0.05, 0.1) is 12.8 Å². The summed E-state index contributed by atoms with van der Waals surface area (Å²) in [4.78, 5) is 14.0. The lowest BCUT2D eigenvalue weighted by atomic mass is 9.89. The van der Waals surface area contributed by atoms with Crippen molar-refractivity contribution in [2.45, 2.75) is 45.6 Å². The quantitative estimate of drug-likeness (QED) is 0.814. The Balaban J connectivity index is 1.86. The summed E-state index contributed by atoms with van der Waals surface area (Å²) in [6.07, 6.45) is 2.45. The van der Waals surface area contributed by atoms with Gasteiger partial charge in [0.15, 0.2) is 0 Å². The van der Waals surface area contributed by atoms with E-state index in [1.165, 1.54) is 0 Å². The largest absolute Gasteiger partial charge is 0.493 e. The Kier molecular flexibility index (Phi) is 5.18. The van der Waals surface area contributed by atoms with Crippen molar-refractivity contribution in [3.05, 3.63) is 35.7 Å². The third-order valence-corrected chi connectivity index (χ3v) is 4.92. The lowest BCUT2D eigenvalue weighted by molar-refractivity contribution is 0.0281. The third-order valence-electron chi connectivity index (χ3n) is 4.92. The molecule has 0 saturated carbocycles. The lowest BCUT2D eigenvalue weighted by Crippen LogP contribution is -2.37. The predicted octanol–water partition coefficient (Wildman–Crippen LogP) is 4.13. The summed E-state index contributed by atoms with van der Waals surface area (Å²) in [5, 5.41) is 4.36. The number of carbonyl (C=O) groups excluding carboxylic acids is 1. The number of likely N-dealkylation sites (N-methyl/N-ethyl adjacent to an activating group) is 1. The molecule has 0 aliphatic carbocycles. The van der Waals surface area contributed by atoms with Gasteiger partial charge in [0, 0.05) is 43.4 Å². The van der Waals surface area contributed by atoms with Crippen LogP contribution in [-0.4, -0.2) is 46.6 Å². The molecule has 0 fully saturated rings. The van der Waals surface area contributed by atoms with Gasteiger partial charge in [-0.15, -0.1) is 0 Å². The Morgan fingerprint density at radius 2 is 2.11 bits per heavy atom. The van der Waals surface area contributed by atoms with Crippen LogP contribution < -0.4 is 4.74 Å². The molecule has 1 aromatic heterocycles. The fourth-order valence-corrected chi connectivity index (χ4v) is 3.41. The second-order valence-corrected chi connectivity index (χ2v) is 8.19. The Morgan fingerprint density at radius 1 is 1.37 bits per heavy atom. The van der Waals surface area contributed by atoms with E-state index in [-0.39, 0.29) is 12.0 Å². The molecular weight excluding hydrogens is 342 g/mol. The molecule has 27 heavy (non-hydrogen) atoms. The maximum atomic E-state index is 12.3. The van der Waals surface area contributed by atoms with E-state index in [1.807, 2.05) is 38.7 Å². The van der Waals surface area contributed by atoms with Gasteiger partial charge in [-0.2, -0.15) is 5.10 Å². The van der Waals surface area contributed by atoms with Gasteiger partial charge in [0.1, 0.15) is 11.4 Å². The Hall–Kier alpha value is -2.50. The molecule has 1 aliphatic rings. The Bertz CT molecular complexity index is 836. The molecule has 3 rings (SSSR count). The predicted molar refractivity (Wildman–Crippen MR) is 105 cm³/mol. The highest BCUT2D eigenvalue weighted by Gasteiger charge is 2.28. The highest BCUT2D eigenvalue weighted by atomic mass is 16.6. The molecule has 1 atom stereocenters. The lowest BCUT2D eigenvalue weighted by Gasteiger charge is -2.31. The second kappa shape index (κ2) is 7.25. The molecule has 0 saturated heterocycles. The second-order valence-electron chi connectivity index (χ2n) is 8.19. The zero-order valence-corrected chi connectivity index (χ0v) is 17.1. The van der Waals surface area contributed by atoms with Crippen molar-refractivity contribution in [1.82, 2.24) is 14.7 Å². The summed E-state index contributed by atoms with van der Waals surface area (Å²) in [6.45, 7) is 8.93. The monoisotopic (exact) mass is 371 g/mol. The molecule has 146 valence electrons. The minimum atomic E-state index is -0.496. The first-order chi connectivity index (χ1) is 12.7. The highest BCUT2D eigenvalue weighted by molar-refractivity contribution is 5.74. The first-order valence-corrected chi connectivity index (χ1v) is 9.36. The van der Waals surface area contributed by atoms with Gasteiger partial charge in [-0.25, -0.2) is 4.79 Å². The Labute approximate surface area is 161 Å². The van der Waals surface area contributed by atoms with Crippen LogP contribution in [0, 0.1) is 6.92 Å². The number of rotatable bonds is 3. The number of amides is 1. The van der Waals surface area contributed by atoms with Crippen molar-refractivity contribution < 1.29 is 14.3 Å². The molecule has 0 N–H and O–H groups in total. The summed E-state index contributed by atoms with van der Waals surface area (Å²) in [7, 11) is 3.73. The third kappa shape index (κ3) is 4.10. The van der Waals surface area contributed by atoms with Gasteiger partial charge >= 0.3 is 6.09 Å². The molecule has 0 bridgehead atoms. The molecule has 2 heterocycles. The van der Waals surface area contributed by atoms with Crippen molar-refractivity contribution in [3.8, 4) is 16.9 Å². The van der Waals surface area contributed by atoms with Crippen LogP contribution in [0.2, 0.25) is 0 Å². The minimum absolute atomic E-state index is 0.211. The van der Waals surface area contributed by atoms with E-state index in [0.29, 0.717) is 13.2 Å². The zero-order chi connectivity index (χ0) is 19.8. The minimum Gasteiger partial charge on any atom is -0.493 e. The first-order valence-electron chi connectivity index (χ1n) is 9.36. The molecule has 2 aromatic rings. The summed E-state index contributed by atoms with van der Waals surface area (Å²) in [5.41, 5.74) is 3.87. The SMILES string of the molecule is Cc1c(-c2cccc3c2OCC[C@H]3CN(C)C(=O)OC(C)(C)C)cnn1C. The van der Waals surface area contributed by atoms with Crippen LogP contribution >= 0.6 is 0 Å². The normalized spacial score (nSPS) is 16.4. The maximum Gasteiger partial charge on any atom is 0.410 e. The van der Waals surface area contributed by atoms with Crippen LogP contribution in [0.1, 0.15) is 44.4 Å². The van der Waals surface area contributed by atoms with Crippen LogP contribution in [-0.2, 0) is 11.8 Å². The average molecular weight is 371 g/mol. The van der Waals surface area contributed by atoms with E-state index in [0.717, 1.165) is 34.6 Å². The van der Waals surface area contributed by atoms with Gasteiger partial charge in [-0.3, -0.25) is 4.68 Å². The molecule has 0 unspecified atom stereocenters. The smallest absolute Gasteiger partial charge is 0.410 e. The number of nitrogens with zero attached hydrogens (tertiary/aromatic N) is 3. The van der Waals surface area contributed by atoms with Crippen LogP contribution in [0.3, 0.4) is 0 Å². The summed E-state index contributed by atoms with van der Waals surface area (Å²) >= 11 is 0. The van der Waals surface area contributed by atoms with E-state index >= 15 is 0 Å². The summed E-state index contributed by atoms with van der Waals surface area (Å²) in [5.74, 6) is 1.12. The van der Waals surface area contributed by atoms with Gasteiger partial charge in [-0.05, 0) is 39.7 Å². The fraction of sp³-hybridized carbons (Fsp3) is 0.524. The number of fused-ring (bicyclic) bond motifs is 1. The number of ether oxygens (including phenoxy) is 2. The average Bonchev–Trinajstić information content (AvgIpc) is 2.92. The van der Waals surface area contributed by atoms with Gasteiger partial charge in [-0.1, -0.05) is 18.2 Å². The van der Waals surface area contributed by atoms with E-state index in [4.69, 9.17) is 9.47 Å². The number of aromatic nitrogens is 2. The molecule has 0 spiro atoms. The molecular formula is C21H29N3O3. The molecule has 6 heteroatoms. The highest BCUT2D eigenvalue weighted by Crippen LogP contribution is 2.42. The van der Waals surface area contributed by atoms with Crippen molar-refractivity contribution in [2.75, 3.05) is 20.2 Å². The molecule has 6 nitrogen and oxygen atoms in total. The van der Waals surface area contributed by atoms with E-state index in [2.05, 4.69) is 30.2 Å². The number of benzene rings is 1. The van der Waals surface area contributed by atoms with Crippen LogP contribution in [0.4, 0.5) is 4.79 Å². The summed E-state index contributed by atoms with van der Waals surface area (Å²) < 4.78 is 13.4. The fourth-order valence-electron chi connectivity index (χ4n) is 3.41. The van der Waals surface area contributed by atoms with E-state index < -0.39 is 5.60 Å². The standard InChI is InChI=1S/C21H29N3O3/c1-14-18(12-22-24(14)6)17-9-7-8-16-15(10-11-26-19(16)17)13-23(5)20(25)27-21(2,3)4/h7-9,12,15H,10-11,13H2,1-6H3/t15-/m0/s1. The van der Waals surface area contributed by atoms with Crippen molar-refractivity contribution in [3.63, 3.8) is 0 Å².